The van der Waals surface area contributed by atoms with Crippen molar-refractivity contribution in [3.05, 3.63) is 41.6 Å². The summed E-state index contributed by atoms with van der Waals surface area (Å²) in [5, 5.41) is 3.75. The maximum Gasteiger partial charge on any atom is 0.118 e. The van der Waals surface area contributed by atoms with Crippen molar-refractivity contribution in [1.29, 1.82) is 0 Å². The lowest BCUT2D eigenvalue weighted by atomic mass is 10.2. The lowest BCUT2D eigenvalue weighted by Gasteiger charge is -2.46. The maximum atomic E-state index is 2.54. The minimum atomic E-state index is -1.68. The maximum absolute atomic E-state index is 2.54. The Hall–Kier alpha value is -0.823. The fraction of sp³-hybridized carbons (Fsp3) is 0.600. The van der Waals surface area contributed by atoms with Gasteiger partial charge in [-0.05, 0) is 23.9 Å². The van der Waals surface area contributed by atoms with Crippen LogP contribution >= 0.6 is 0 Å². The van der Waals surface area contributed by atoms with Crippen LogP contribution in [0.4, 0.5) is 0 Å². The summed E-state index contributed by atoms with van der Waals surface area (Å²) in [5.41, 5.74) is 0. The highest BCUT2D eigenvalue weighted by atomic mass is 28.3. The van der Waals surface area contributed by atoms with E-state index in [-0.39, 0.29) is 0 Å². The van der Waals surface area contributed by atoms with E-state index >= 15 is 0 Å². The van der Waals surface area contributed by atoms with E-state index < -0.39 is 8.07 Å². The molecule has 118 valence electrons. The van der Waals surface area contributed by atoms with Crippen molar-refractivity contribution in [3.8, 4) is 0 Å². The van der Waals surface area contributed by atoms with Gasteiger partial charge in [-0.3, -0.25) is 0 Å². The summed E-state index contributed by atoms with van der Waals surface area (Å²) in [7, 11) is -1.68. The molecule has 0 aromatic heterocycles. The molecular weight excluding hydrogens is 268 g/mol. The molecule has 1 aromatic rings. The smallest absolute Gasteiger partial charge is 0.0891 e. The second-order valence-corrected chi connectivity index (χ2v) is 12.1. The topological polar surface area (TPSA) is 0 Å². The third-order valence-corrected chi connectivity index (χ3v) is 11.5. The first-order chi connectivity index (χ1) is 9.94. The Labute approximate surface area is 133 Å². The molecular formula is C20H34Si. The van der Waals surface area contributed by atoms with Crippen LogP contribution < -0.4 is 5.19 Å². The predicted octanol–water partition coefficient (Wildman–Crippen LogP) is 6.23. The minimum absolute atomic E-state index is 0.362. The van der Waals surface area contributed by atoms with Gasteiger partial charge < -0.3 is 0 Å². The number of unbranched alkanes of at least 4 members (excludes halogenated alkanes) is 1. The van der Waals surface area contributed by atoms with Crippen LogP contribution in [0.5, 0.6) is 0 Å². The van der Waals surface area contributed by atoms with Crippen molar-refractivity contribution in [3.63, 3.8) is 0 Å². The first kappa shape index (κ1) is 18.2. The largest absolute Gasteiger partial charge is 0.118 e. The van der Waals surface area contributed by atoms with Crippen molar-refractivity contribution in [2.24, 2.45) is 0 Å². The van der Waals surface area contributed by atoms with E-state index in [0.717, 1.165) is 6.42 Å². The molecule has 0 aliphatic rings. The van der Waals surface area contributed by atoms with Crippen molar-refractivity contribution < 1.29 is 0 Å². The second kappa shape index (κ2) is 7.98. The van der Waals surface area contributed by atoms with Gasteiger partial charge in [0.1, 0.15) is 8.07 Å². The fourth-order valence-electron chi connectivity index (χ4n) is 3.81. The van der Waals surface area contributed by atoms with Crippen LogP contribution in [0.15, 0.2) is 41.6 Å². The molecule has 0 spiro atoms. The molecule has 0 saturated carbocycles. The third-order valence-electron chi connectivity index (χ3n) is 4.83. The van der Waals surface area contributed by atoms with Crippen molar-refractivity contribution in [2.45, 2.75) is 78.3 Å². The number of allylic oxidation sites excluding steroid dienone is 2. The molecule has 1 heteroatoms. The monoisotopic (exact) mass is 302 g/mol. The zero-order valence-electron chi connectivity index (χ0n) is 15.0. The van der Waals surface area contributed by atoms with E-state index in [4.69, 9.17) is 0 Å². The fourth-order valence-corrected chi connectivity index (χ4v) is 10.2. The first-order valence-corrected chi connectivity index (χ1v) is 10.9. The number of rotatable bonds is 7. The number of hydrogen-bond acceptors (Lipinski definition) is 0. The normalized spacial score (nSPS) is 15.8. The van der Waals surface area contributed by atoms with Crippen LogP contribution in [0.3, 0.4) is 0 Å². The Morgan fingerprint density at radius 1 is 1.05 bits per heavy atom. The molecule has 0 amide bonds. The van der Waals surface area contributed by atoms with Gasteiger partial charge in [-0.1, -0.05) is 101 Å². The first-order valence-electron chi connectivity index (χ1n) is 8.69. The van der Waals surface area contributed by atoms with E-state index in [1.807, 2.05) is 0 Å². The van der Waals surface area contributed by atoms with E-state index in [2.05, 4.69) is 78.0 Å². The molecule has 0 radical (unpaired) electrons. The predicted molar refractivity (Wildman–Crippen MR) is 99.9 cm³/mol. The minimum Gasteiger partial charge on any atom is -0.0891 e. The van der Waals surface area contributed by atoms with Crippen LogP contribution in [0.1, 0.15) is 67.2 Å². The van der Waals surface area contributed by atoms with Crippen molar-refractivity contribution >= 4 is 13.3 Å². The lowest BCUT2D eigenvalue weighted by Crippen LogP contribution is -2.56. The van der Waals surface area contributed by atoms with Gasteiger partial charge in [0.15, 0.2) is 0 Å². The Morgan fingerprint density at radius 3 is 2.10 bits per heavy atom. The second-order valence-electron chi connectivity index (χ2n) is 7.12. The summed E-state index contributed by atoms with van der Waals surface area (Å²) < 4.78 is 0. The molecule has 0 fully saturated rings. The summed E-state index contributed by atoms with van der Waals surface area (Å²) >= 11 is 0. The van der Waals surface area contributed by atoms with E-state index in [1.165, 1.54) is 25.3 Å². The highest BCUT2D eigenvalue weighted by Gasteiger charge is 2.47. The van der Waals surface area contributed by atoms with Gasteiger partial charge in [0.2, 0.25) is 0 Å². The zero-order valence-corrected chi connectivity index (χ0v) is 16.0. The summed E-state index contributed by atoms with van der Waals surface area (Å²) in [6.45, 7) is 14.4. The molecule has 0 aliphatic carbocycles. The molecule has 0 unspecified atom stereocenters. The van der Waals surface area contributed by atoms with Gasteiger partial charge in [0, 0.05) is 0 Å². The molecule has 0 nitrogen and oxygen atoms in total. The van der Waals surface area contributed by atoms with Gasteiger partial charge >= 0.3 is 0 Å². The SMILES string of the molecule is CC/C=C(\CC)[Si@@](CCCC)(c1ccccc1)C(C)(C)C. The van der Waals surface area contributed by atoms with Gasteiger partial charge in [0.05, 0.1) is 0 Å². The average Bonchev–Trinajstić information content (AvgIpc) is 2.46. The molecule has 1 aromatic carbocycles. The highest BCUT2D eigenvalue weighted by molar-refractivity contribution is 6.99. The van der Waals surface area contributed by atoms with E-state index in [1.54, 1.807) is 10.4 Å². The molecule has 0 saturated heterocycles. The molecule has 1 rings (SSSR count). The molecule has 0 heterocycles. The third kappa shape index (κ3) is 3.88. The number of benzene rings is 1. The average molecular weight is 303 g/mol. The van der Waals surface area contributed by atoms with E-state index in [0.29, 0.717) is 5.04 Å². The molecule has 1 atom stereocenters. The van der Waals surface area contributed by atoms with E-state index in [9.17, 15) is 0 Å². The quantitative estimate of drug-likeness (QED) is 0.524. The van der Waals surface area contributed by atoms with Gasteiger partial charge in [-0.2, -0.15) is 0 Å². The molecule has 0 aliphatic heterocycles. The van der Waals surface area contributed by atoms with Crippen LogP contribution in [-0.4, -0.2) is 8.07 Å². The Kier molecular flexibility index (Phi) is 6.93. The van der Waals surface area contributed by atoms with Crippen LogP contribution in [-0.2, 0) is 0 Å². The zero-order chi connectivity index (χ0) is 15.9. The lowest BCUT2D eigenvalue weighted by molar-refractivity contribution is 0.705. The molecule has 21 heavy (non-hydrogen) atoms. The Bertz CT molecular complexity index is 439. The van der Waals surface area contributed by atoms with Gasteiger partial charge in [0.25, 0.3) is 0 Å². The van der Waals surface area contributed by atoms with Crippen molar-refractivity contribution in [1.82, 2.24) is 0 Å². The summed E-state index contributed by atoms with van der Waals surface area (Å²) in [6.07, 6.45) is 7.54. The van der Waals surface area contributed by atoms with Gasteiger partial charge in [-0.25, -0.2) is 0 Å². The molecule has 0 N–H and O–H groups in total. The van der Waals surface area contributed by atoms with Crippen LogP contribution in [0, 0.1) is 0 Å². The Balaban J connectivity index is 3.53. The van der Waals surface area contributed by atoms with Crippen molar-refractivity contribution in [2.75, 3.05) is 0 Å². The number of hydrogen-bond donors (Lipinski definition) is 0. The summed E-state index contributed by atoms with van der Waals surface area (Å²) in [6, 6.07) is 12.8. The van der Waals surface area contributed by atoms with Crippen LogP contribution in [0.25, 0.3) is 0 Å². The standard InChI is InChI=1S/C20H34Si/c1-7-10-17-21(20(4,5)6,18(9-3)14-8-2)19-15-12-11-13-16-19/h11-16H,7-10,17H2,1-6H3/b18-14+/t21-/m0/s1. The van der Waals surface area contributed by atoms with Crippen LogP contribution in [0.2, 0.25) is 11.1 Å². The highest BCUT2D eigenvalue weighted by Crippen LogP contribution is 2.45. The summed E-state index contributed by atoms with van der Waals surface area (Å²) in [4.78, 5) is 0. The Morgan fingerprint density at radius 2 is 1.67 bits per heavy atom. The summed E-state index contributed by atoms with van der Waals surface area (Å²) in [5.74, 6) is 0. The molecule has 0 bridgehead atoms. The van der Waals surface area contributed by atoms with Gasteiger partial charge in [-0.15, -0.1) is 0 Å².